The second-order valence-corrected chi connectivity index (χ2v) is 4.30. The second-order valence-electron chi connectivity index (χ2n) is 4.30. The largest absolute Gasteiger partial charge is 0.388 e. The van der Waals surface area contributed by atoms with E-state index < -0.39 is 0 Å². The molecule has 2 aliphatic rings. The Kier molecular flexibility index (Phi) is 2.76. The van der Waals surface area contributed by atoms with Crippen molar-refractivity contribution in [3.63, 3.8) is 0 Å². The molecule has 0 aromatic carbocycles. The molecule has 1 aliphatic carbocycles. The van der Waals surface area contributed by atoms with Crippen LogP contribution >= 0.6 is 0 Å². The molecule has 15 heavy (non-hydrogen) atoms. The summed E-state index contributed by atoms with van der Waals surface area (Å²) in [4.78, 5) is 11.5. The van der Waals surface area contributed by atoms with Crippen molar-refractivity contribution >= 4 is 5.78 Å². The highest BCUT2D eigenvalue weighted by Gasteiger charge is 2.22. The summed E-state index contributed by atoms with van der Waals surface area (Å²) >= 11 is 0. The van der Waals surface area contributed by atoms with Crippen molar-refractivity contribution in [1.82, 2.24) is 5.32 Å². The maximum atomic E-state index is 11.5. The normalized spacial score (nSPS) is 30.0. The van der Waals surface area contributed by atoms with Crippen LogP contribution in [-0.4, -0.2) is 12.3 Å². The van der Waals surface area contributed by atoms with Crippen molar-refractivity contribution < 1.29 is 4.79 Å². The fourth-order valence-corrected chi connectivity index (χ4v) is 2.20. The van der Waals surface area contributed by atoms with Gasteiger partial charge in [0.2, 0.25) is 0 Å². The minimum atomic E-state index is -0.0331. The van der Waals surface area contributed by atoms with Crippen molar-refractivity contribution in [1.29, 1.82) is 0 Å². The van der Waals surface area contributed by atoms with E-state index >= 15 is 0 Å². The molecule has 1 saturated heterocycles. The molecule has 1 aliphatic heterocycles. The van der Waals surface area contributed by atoms with Crippen LogP contribution in [0.5, 0.6) is 0 Å². The Morgan fingerprint density at radius 3 is 2.93 bits per heavy atom. The lowest BCUT2D eigenvalue weighted by Gasteiger charge is -2.18. The first-order chi connectivity index (χ1) is 7.18. The quantitative estimate of drug-likeness (QED) is 0.708. The van der Waals surface area contributed by atoms with Crippen molar-refractivity contribution in [2.45, 2.75) is 26.7 Å². The maximum absolute atomic E-state index is 11.5. The van der Waals surface area contributed by atoms with Gasteiger partial charge in [-0.25, -0.2) is 0 Å². The molecule has 0 aromatic rings. The van der Waals surface area contributed by atoms with Crippen molar-refractivity contribution in [3.8, 4) is 0 Å². The molecule has 0 spiro atoms. The van der Waals surface area contributed by atoms with E-state index in [1.165, 1.54) is 23.3 Å². The number of ketones is 1. The van der Waals surface area contributed by atoms with E-state index in [-0.39, 0.29) is 11.7 Å². The molecule has 0 amide bonds. The molecule has 0 saturated carbocycles. The van der Waals surface area contributed by atoms with Crippen molar-refractivity contribution in [3.05, 3.63) is 35.1 Å². The lowest BCUT2D eigenvalue weighted by molar-refractivity contribution is -0.118. The number of hydrogen-bond acceptors (Lipinski definition) is 2. The zero-order valence-corrected chi connectivity index (χ0v) is 9.34. The second kappa shape index (κ2) is 4.05. The van der Waals surface area contributed by atoms with Crippen LogP contribution in [-0.2, 0) is 4.79 Å². The number of hydrogen-bond donors (Lipinski definition) is 1. The summed E-state index contributed by atoms with van der Waals surface area (Å²) in [7, 11) is 0. The molecular weight excluding hydrogens is 186 g/mol. The highest BCUT2D eigenvalue weighted by Crippen LogP contribution is 2.28. The zero-order valence-electron chi connectivity index (χ0n) is 9.34. The Bertz CT molecular complexity index is 366. The van der Waals surface area contributed by atoms with Gasteiger partial charge < -0.3 is 5.32 Å². The van der Waals surface area contributed by atoms with Gasteiger partial charge in [-0.1, -0.05) is 23.8 Å². The van der Waals surface area contributed by atoms with Gasteiger partial charge in [-0.15, -0.1) is 0 Å². The number of nitrogens with one attached hydrogen (secondary N) is 1. The summed E-state index contributed by atoms with van der Waals surface area (Å²) in [5.74, 6) is 0.195. The average molecular weight is 203 g/mol. The van der Waals surface area contributed by atoms with E-state index in [4.69, 9.17) is 0 Å². The minimum Gasteiger partial charge on any atom is -0.388 e. The van der Waals surface area contributed by atoms with Gasteiger partial charge in [0.15, 0.2) is 0 Å². The Morgan fingerprint density at radius 2 is 2.33 bits per heavy atom. The molecule has 2 rings (SSSR count). The summed E-state index contributed by atoms with van der Waals surface area (Å²) < 4.78 is 0. The van der Waals surface area contributed by atoms with Crippen LogP contribution in [0.25, 0.3) is 0 Å². The first kappa shape index (κ1) is 10.2. The number of carbonyl (C=O) groups excluding carboxylic acids is 1. The standard InChI is InChI=1S/C13H17NO/c1-9-5-6-11(10(2)15)12(8-9)13-4-3-7-14-13/h5-6,8,11,14H,3-4,7H2,1-2H3/b13-12-. The summed E-state index contributed by atoms with van der Waals surface area (Å²) in [5.41, 5.74) is 3.67. The molecule has 1 atom stereocenters. The van der Waals surface area contributed by atoms with Gasteiger partial charge in [-0.2, -0.15) is 0 Å². The molecular formula is C13H17NO. The van der Waals surface area contributed by atoms with Crippen LogP contribution in [0.1, 0.15) is 26.7 Å². The third kappa shape index (κ3) is 2.04. The number of Topliss-reactive ketones (excluding diaryl/α,β-unsaturated/α-hetero) is 1. The summed E-state index contributed by atoms with van der Waals surface area (Å²) in [5, 5.41) is 3.38. The third-order valence-corrected chi connectivity index (χ3v) is 3.00. The topological polar surface area (TPSA) is 29.1 Å². The minimum absolute atomic E-state index is 0.0331. The van der Waals surface area contributed by atoms with E-state index in [1.54, 1.807) is 6.92 Å². The molecule has 1 unspecified atom stereocenters. The van der Waals surface area contributed by atoms with Crippen LogP contribution in [0.4, 0.5) is 0 Å². The lowest BCUT2D eigenvalue weighted by Crippen LogP contribution is -2.17. The Labute approximate surface area is 90.7 Å². The van der Waals surface area contributed by atoms with Crippen LogP contribution in [0, 0.1) is 5.92 Å². The van der Waals surface area contributed by atoms with Gasteiger partial charge in [0.25, 0.3) is 0 Å². The number of allylic oxidation sites excluding steroid dienone is 6. The number of carbonyl (C=O) groups is 1. The Hall–Kier alpha value is -1.31. The first-order valence-corrected chi connectivity index (χ1v) is 5.52. The zero-order chi connectivity index (χ0) is 10.8. The SMILES string of the molecule is CC(=O)C1C=CC(C)=C/C1=C1\CCCN1. The van der Waals surface area contributed by atoms with Gasteiger partial charge in [0.05, 0.1) is 5.92 Å². The van der Waals surface area contributed by atoms with Crippen molar-refractivity contribution in [2.24, 2.45) is 5.92 Å². The Balaban J connectivity index is 2.37. The van der Waals surface area contributed by atoms with E-state index in [9.17, 15) is 4.79 Å². The predicted octanol–water partition coefficient (Wildman–Crippen LogP) is 2.35. The smallest absolute Gasteiger partial charge is 0.141 e. The molecule has 80 valence electrons. The van der Waals surface area contributed by atoms with Gasteiger partial charge in [0, 0.05) is 12.2 Å². The maximum Gasteiger partial charge on any atom is 0.141 e. The molecule has 1 heterocycles. The fourth-order valence-electron chi connectivity index (χ4n) is 2.20. The fraction of sp³-hybridized carbons (Fsp3) is 0.462. The molecule has 1 N–H and O–H groups in total. The summed E-state index contributed by atoms with van der Waals surface area (Å²) in [6.07, 6.45) is 8.45. The van der Waals surface area contributed by atoms with E-state index in [0.717, 1.165) is 13.0 Å². The van der Waals surface area contributed by atoms with E-state index in [0.29, 0.717) is 0 Å². The van der Waals surface area contributed by atoms with Crippen LogP contribution < -0.4 is 5.32 Å². The molecule has 0 radical (unpaired) electrons. The third-order valence-electron chi connectivity index (χ3n) is 3.00. The van der Waals surface area contributed by atoms with Crippen LogP contribution in [0.3, 0.4) is 0 Å². The van der Waals surface area contributed by atoms with E-state index in [1.807, 2.05) is 12.2 Å². The lowest BCUT2D eigenvalue weighted by atomic mass is 9.87. The molecule has 2 nitrogen and oxygen atoms in total. The Morgan fingerprint density at radius 1 is 1.53 bits per heavy atom. The van der Waals surface area contributed by atoms with Crippen molar-refractivity contribution in [2.75, 3.05) is 6.54 Å². The van der Waals surface area contributed by atoms with Gasteiger partial charge in [-0.05, 0) is 32.3 Å². The first-order valence-electron chi connectivity index (χ1n) is 5.52. The molecule has 2 heteroatoms. The number of rotatable bonds is 1. The van der Waals surface area contributed by atoms with Gasteiger partial charge in [0.1, 0.15) is 5.78 Å². The molecule has 1 fully saturated rings. The van der Waals surface area contributed by atoms with Gasteiger partial charge in [-0.3, -0.25) is 4.79 Å². The van der Waals surface area contributed by atoms with E-state index in [2.05, 4.69) is 18.3 Å². The molecule has 0 bridgehead atoms. The summed E-state index contributed by atoms with van der Waals surface area (Å²) in [6, 6.07) is 0. The van der Waals surface area contributed by atoms with Crippen LogP contribution in [0.15, 0.2) is 35.1 Å². The highest BCUT2D eigenvalue weighted by atomic mass is 16.1. The monoisotopic (exact) mass is 203 g/mol. The predicted molar refractivity (Wildman–Crippen MR) is 61.3 cm³/mol. The van der Waals surface area contributed by atoms with Gasteiger partial charge >= 0.3 is 0 Å². The molecule has 0 aromatic heterocycles. The van der Waals surface area contributed by atoms with Crippen LogP contribution in [0.2, 0.25) is 0 Å². The summed E-state index contributed by atoms with van der Waals surface area (Å²) in [6.45, 7) is 4.78. The average Bonchev–Trinajstić information content (AvgIpc) is 2.69. The highest BCUT2D eigenvalue weighted by molar-refractivity contribution is 5.85.